The molecular weight excluding hydrogens is 420 g/mol. The Kier molecular flexibility index (Phi) is 7.01. The van der Waals surface area contributed by atoms with Crippen molar-refractivity contribution in [3.63, 3.8) is 0 Å². The van der Waals surface area contributed by atoms with Gasteiger partial charge in [-0.2, -0.15) is 5.26 Å². The molecule has 0 saturated carbocycles. The van der Waals surface area contributed by atoms with Crippen LogP contribution in [0.25, 0.3) is 6.08 Å². The molecule has 1 amide bonds. The van der Waals surface area contributed by atoms with Crippen LogP contribution in [0.4, 0.5) is 5.82 Å². The minimum Gasteiger partial charge on any atom is -0.383 e. The Bertz CT molecular complexity index is 1010. The fourth-order valence-electron chi connectivity index (χ4n) is 3.98. The van der Waals surface area contributed by atoms with Crippen LogP contribution in [0.5, 0.6) is 0 Å². The number of nitriles is 1. The average Bonchev–Trinajstić information content (AvgIpc) is 2.98. The third-order valence-electron chi connectivity index (χ3n) is 5.59. The Labute approximate surface area is 186 Å². The molecule has 0 bridgehead atoms. The SMILES string of the molecule is COCCN1C(=O)/C(=C\c2c(C)c(C#N)c(=O)n(C)c2N2CCCC(C)C2)SC1=S. The summed E-state index contributed by atoms with van der Waals surface area (Å²) in [6.45, 7) is 6.42. The third kappa shape index (κ3) is 4.17. The van der Waals surface area contributed by atoms with Gasteiger partial charge >= 0.3 is 0 Å². The van der Waals surface area contributed by atoms with Crippen molar-refractivity contribution in [1.29, 1.82) is 5.26 Å². The van der Waals surface area contributed by atoms with Crippen LogP contribution in [-0.4, -0.2) is 53.0 Å². The summed E-state index contributed by atoms with van der Waals surface area (Å²) in [4.78, 5) is 30.0. The first-order chi connectivity index (χ1) is 14.3. The number of anilines is 1. The van der Waals surface area contributed by atoms with Gasteiger partial charge in [0.1, 0.15) is 21.8 Å². The first-order valence-electron chi connectivity index (χ1n) is 9.93. The second-order valence-electron chi connectivity index (χ2n) is 7.73. The molecule has 2 fully saturated rings. The van der Waals surface area contributed by atoms with Gasteiger partial charge in [0.15, 0.2) is 0 Å². The summed E-state index contributed by atoms with van der Waals surface area (Å²) in [6, 6.07) is 2.04. The van der Waals surface area contributed by atoms with Crippen LogP contribution in [0.3, 0.4) is 0 Å². The lowest BCUT2D eigenvalue weighted by Crippen LogP contribution is -2.39. The molecule has 2 aliphatic heterocycles. The molecule has 2 saturated heterocycles. The standard InChI is InChI=1S/C21H26N4O3S2/c1-13-6-5-7-24(12-13)18-15(14(2)16(11-22)19(26)23(18)3)10-17-20(27)25(8-9-28-4)21(29)30-17/h10,13H,5-9,12H2,1-4H3/b17-10+. The topological polar surface area (TPSA) is 78.6 Å². The first-order valence-corrected chi connectivity index (χ1v) is 11.2. The quantitative estimate of drug-likeness (QED) is 0.508. The maximum absolute atomic E-state index is 12.9. The van der Waals surface area contributed by atoms with E-state index >= 15 is 0 Å². The molecule has 30 heavy (non-hydrogen) atoms. The number of carbonyl (C=O) groups is 1. The average molecular weight is 447 g/mol. The van der Waals surface area contributed by atoms with Crippen LogP contribution in [0.2, 0.25) is 0 Å². The number of hydrogen-bond donors (Lipinski definition) is 0. The second-order valence-corrected chi connectivity index (χ2v) is 9.41. The summed E-state index contributed by atoms with van der Waals surface area (Å²) in [7, 11) is 3.27. The molecule has 1 aromatic rings. The summed E-state index contributed by atoms with van der Waals surface area (Å²) < 4.78 is 7.11. The van der Waals surface area contributed by atoms with Crippen molar-refractivity contribution < 1.29 is 9.53 Å². The van der Waals surface area contributed by atoms with Crippen LogP contribution in [0.15, 0.2) is 9.70 Å². The smallest absolute Gasteiger partial charge is 0.270 e. The fourth-order valence-corrected chi connectivity index (χ4v) is 5.27. The number of hydrogen-bond acceptors (Lipinski definition) is 7. The Morgan fingerprint density at radius 1 is 1.40 bits per heavy atom. The summed E-state index contributed by atoms with van der Waals surface area (Å²) in [6.07, 6.45) is 3.97. The van der Waals surface area contributed by atoms with Crippen molar-refractivity contribution in [3.05, 3.63) is 31.9 Å². The molecule has 160 valence electrons. The number of ether oxygens (including phenoxy) is 1. The van der Waals surface area contributed by atoms with Crippen molar-refractivity contribution >= 4 is 46.1 Å². The van der Waals surface area contributed by atoms with Crippen molar-refractivity contribution in [2.75, 3.05) is 38.3 Å². The molecule has 3 rings (SSSR count). The fraction of sp³-hybridized carbons (Fsp3) is 0.524. The van der Waals surface area contributed by atoms with Gasteiger partial charge in [0.2, 0.25) is 0 Å². The maximum Gasteiger partial charge on any atom is 0.270 e. The molecule has 9 heteroatoms. The largest absolute Gasteiger partial charge is 0.383 e. The van der Waals surface area contributed by atoms with Crippen LogP contribution in [0, 0.1) is 24.2 Å². The van der Waals surface area contributed by atoms with Gasteiger partial charge in [-0.25, -0.2) is 0 Å². The van der Waals surface area contributed by atoms with Crippen LogP contribution in [-0.2, 0) is 16.6 Å². The zero-order valence-electron chi connectivity index (χ0n) is 17.7. The van der Waals surface area contributed by atoms with Crippen LogP contribution < -0.4 is 10.5 Å². The van der Waals surface area contributed by atoms with E-state index in [1.165, 1.54) is 16.7 Å². The van der Waals surface area contributed by atoms with E-state index in [9.17, 15) is 14.9 Å². The minimum absolute atomic E-state index is 0.104. The highest BCUT2D eigenvalue weighted by Gasteiger charge is 2.33. The van der Waals surface area contributed by atoms with Gasteiger partial charge in [0.05, 0.1) is 18.1 Å². The molecule has 1 atom stereocenters. The van der Waals surface area contributed by atoms with E-state index in [2.05, 4.69) is 11.8 Å². The molecule has 0 radical (unpaired) electrons. The molecule has 0 aromatic carbocycles. The number of piperidine rings is 1. The third-order valence-corrected chi connectivity index (χ3v) is 6.97. The lowest BCUT2D eigenvalue weighted by atomic mass is 9.98. The first kappa shape index (κ1) is 22.5. The van der Waals surface area contributed by atoms with Gasteiger partial charge in [-0.15, -0.1) is 0 Å². The van der Waals surface area contributed by atoms with Gasteiger partial charge in [-0.05, 0) is 37.3 Å². The number of carbonyl (C=O) groups excluding carboxylic acids is 1. The number of amides is 1. The zero-order valence-corrected chi connectivity index (χ0v) is 19.4. The molecule has 0 spiro atoms. The van der Waals surface area contributed by atoms with Gasteiger partial charge in [0.25, 0.3) is 11.5 Å². The van der Waals surface area contributed by atoms with Crippen molar-refractivity contribution in [2.24, 2.45) is 13.0 Å². The monoisotopic (exact) mass is 446 g/mol. The van der Waals surface area contributed by atoms with Crippen molar-refractivity contribution in [2.45, 2.75) is 26.7 Å². The number of thiocarbonyl (C=S) groups is 1. The Morgan fingerprint density at radius 3 is 2.77 bits per heavy atom. The highest BCUT2D eigenvalue weighted by molar-refractivity contribution is 8.26. The Hall–Kier alpha value is -2.15. The van der Waals surface area contributed by atoms with Crippen LogP contribution >= 0.6 is 24.0 Å². The van der Waals surface area contributed by atoms with E-state index in [4.69, 9.17) is 17.0 Å². The Morgan fingerprint density at radius 2 is 2.13 bits per heavy atom. The highest BCUT2D eigenvalue weighted by atomic mass is 32.2. The summed E-state index contributed by atoms with van der Waals surface area (Å²) in [5.74, 6) is 1.09. The lowest BCUT2D eigenvalue weighted by molar-refractivity contribution is -0.122. The van der Waals surface area contributed by atoms with E-state index in [-0.39, 0.29) is 17.0 Å². The van der Waals surface area contributed by atoms with E-state index < -0.39 is 0 Å². The summed E-state index contributed by atoms with van der Waals surface area (Å²) in [5.41, 5.74) is 1.12. The molecule has 3 heterocycles. The molecule has 2 aliphatic rings. The summed E-state index contributed by atoms with van der Waals surface area (Å²) >= 11 is 6.62. The molecule has 1 aromatic heterocycles. The molecule has 0 N–H and O–H groups in total. The molecule has 0 aliphatic carbocycles. The van der Waals surface area contributed by atoms with Gasteiger partial charge in [-0.3, -0.25) is 19.1 Å². The van der Waals surface area contributed by atoms with Gasteiger partial charge < -0.3 is 9.64 Å². The number of methoxy groups -OCH3 is 1. The number of nitrogens with zero attached hydrogens (tertiary/aromatic N) is 4. The number of rotatable bonds is 5. The van der Waals surface area contributed by atoms with E-state index in [1.807, 2.05) is 6.07 Å². The predicted molar refractivity (Wildman–Crippen MR) is 124 cm³/mol. The van der Waals surface area contributed by atoms with E-state index in [1.54, 1.807) is 31.7 Å². The minimum atomic E-state index is -0.312. The number of thioether (sulfide) groups is 1. The van der Waals surface area contributed by atoms with Crippen LogP contribution in [0.1, 0.15) is 36.5 Å². The predicted octanol–water partition coefficient (Wildman–Crippen LogP) is 2.65. The molecule has 7 nitrogen and oxygen atoms in total. The van der Waals surface area contributed by atoms with E-state index in [0.717, 1.165) is 37.3 Å². The lowest BCUT2D eigenvalue weighted by Gasteiger charge is -2.35. The van der Waals surface area contributed by atoms with Crippen molar-refractivity contribution in [3.8, 4) is 6.07 Å². The van der Waals surface area contributed by atoms with E-state index in [0.29, 0.717) is 33.9 Å². The van der Waals surface area contributed by atoms with Gasteiger partial charge in [0, 0.05) is 32.8 Å². The normalized spacial score (nSPS) is 20.9. The molecular formula is C21H26N4O3S2. The summed E-state index contributed by atoms with van der Waals surface area (Å²) in [5, 5.41) is 9.57. The van der Waals surface area contributed by atoms with Gasteiger partial charge in [-0.1, -0.05) is 30.9 Å². The maximum atomic E-state index is 12.9. The highest BCUT2D eigenvalue weighted by Crippen LogP contribution is 2.36. The van der Waals surface area contributed by atoms with Crippen molar-refractivity contribution in [1.82, 2.24) is 9.47 Å². The molecule has 1 unspecified atom stereocenters. The number of pyridine rings is 1. The Balaban J connectivity index is 2.14. The number of aromatic nitrogens is 1. The zero-order chi connectivity index (χ0) is 22.0. The second kappa shape index (κ2) is 9.33.